The number of aromatic nitrogens is 2. The van der Waals surface area contributed by atoms with Crippen molar-refractivity contribution in [2.45, 2.75) is 25.3 Å². The Balaban J connectivity index is 1.54. The maximum atomic E-state index is 10.2. The van der Waals surface area contributed by atoms with Gasteiger partial charge in [0.1, 0.15) is 5.75 Å². The molecule has 4 rings (SSSR count). The Morgan fingerprint density at radius 3 is 2.72 bits per heavy atom. The first kappa shape index (κ1) is 20.4. The molecule has 2 aromatic rings. The van der Waals surface area contributed by atoms with Crippen LogP contribution in [0.15, 0.2) is 30.5 Å². The fourth-order valence-corrected chi connectivity index (χ4v) is 4.83. The molecule has 2 atom stereocenters. The summed E-state index contributed by atoms with van der Waals surface area (Å²) in [5, 5.41) is 10.9. The van der Waals surface area contributed by atoms with E-state index in [2.05, 4.69) is 39.8 Å². The number of nitrogens with zero attached hydrogens (tertiary/aromatic N) is 5. The Labute approximate surface area is 178 Å². The zero-order valence-electron chi connectivity index (χ0n) is 17.3. The second-order valence-corrected chi connectivity index (χ2v) is 9.01. The lowest BCUT2D eigenvalue weighted by Gasteiger charge is -2.23. The Morgan fingerprint density at radius 2 is 1.97 bits per heavy atom. The van der Waals surface area contributed by atoms with Gasteiger partial charge in [0.15, 0.2) is 0 Å². The molecule has 0 aliphatic carbocycles. The summed E-state index contributed by atoms with van der Waals surface area (Å²) in [6.45, 7) is 5.69. The fraction of sp³-hybridized carbons (Fsp3) is 0.545. The van der Waals surface area contributed by atoms with Crippen molar-refractivity contribution in [2.24, 2.45) is 5.92 Å². The quantitative estimate of drug-likeness (QED) is 0.781. The summed E-state index contributed by atoms with van der Waals surface area (Å²) in [6, 6.07) is 7.34. The van der Waals surface area contributed by atoms with Crippen LogP contribution in [-0.4, -0.2) is 71.7 Å². The van der Waals surface area contributed by atoms with Crippen LogP contribution in [0.3, 0.4) is 0 Å². The van der Waals surface area contributed by atoms with Gasteiger partial charge in [0, 0.05) is 62.0 Å². The van der Waals surface area contributed by atoms with Gasteiger partial charge in [0.25, 0.3) is 0 Å². The molecule has 0 spiro atoms. The molecule has 2 aliphatic heterocycles. The first-order chi connectivity index (χ1) is 14.0. The summed E-state index contributed by atoms with van der Waals surface area (Å²) >= 11 is 6.15. The highest BCUT2D eigenvalue weighted by atomic mass is 35.5. The average Bonchev–Trinajstić information content (AvgIpc) is 3.35. The van der Waals surface area contributed by atoms with Crippen LogP contribution >= 0.6 is 11.6 Å². The number of aromatic hydroxyl groups is 1. The summed E-state index contributed by atoms with van der Waals surface area (Å²) in [4.78, 5) is 16.4. The average molecular weight is 416 g/mol. The maximum absolute atomic E-state index is 10.2. The molecule has 6 nitrogen and oxygen atoms in total. The van der Waals surface area contributed by atoms with Gasteiger partial charge in [-0.15, -0.1) is 0 Å². The van der Waals surface area contributed by atoms with Gasteiger partial charge >= 0.3 is 0 Å². The van der Waals surface area contributed by atoms with Crippen LogP contribution in [0.25, 0.3) is 0 Å². The van der Waals surface area contributed by atoms with E-state index in [-0.39, 0.29) is 0 Å². The van der Waals surface area contributed by atoms with E-state index in [1.165, 1.54) is 12.8 Å². The molecule has 1 aromatic heterocycles. The highest BCUT2D eigenvalue weighted by Crippen LogP contribution is 2.35. The minimum atomic E-state index is 0.306. The minimum Gasteiger partial charge on any atom is -0.508 e. The lowest BCUT2D eigenvalue weighted by atomic mass is 9.92. The summed E-state index contributed by atoms with van der Waals surface area (Å²) in [7, 11) is 4.25. The van der Waals surface area contributed by atoms with E-state index in [9.17, 15) is 5.11 Å². The third-order valence-electron chi connectivity index (χ3n) is 5.98. The molecule has 29 heavy (non-hydrogen) atoms. The van der Waals surface area contributed by atoms with E-state index < -0.39 is 0 Å². The number of benzene rings is 1. The molecule has 2 aliphatic rings. The number of phenols is 1. The molecule has 0 radical (unpaired) electrons. The van der Waals surface area contributed by atoms with Gasteiger partial charge in [-0.2, -0.15) is 0 Å². The zero-order valence-corrected chi connectivity index (χ0v) is 18.0. The van der Waals surface area contributed by atoms with E-state index in [1.807, 2.05) is 12.3 Å². The summed E-state index contributed by atoms with van der Waals surface area (Å²) in [6.07, 6.45) is 4.35. The van der Waals surface area contributed by atoms with Crippen LogP contribution in [0.5, 0.6) is 5.75 Å². The maximum Gasteiger partial charge on any atom is 0.225 e. The number of phenolic OH excluding ortho intramolecular Hbond substituents is 1. The summed E-state index contributed by atoms with van der Waals surface area (Å²) in [5.74, 6) is 2.01. The Hall–Kier alpha value is -1.89. The second kappa shape index (κ2) is 8.86. The van der Waals surface area contributed by atoms with Crippen LogP contribution in [0.2, 0.25) is 5.02 Å². The fourth-order valence-electron chi connectivity index (χ4n) is 4.64. The van der Waals surface area contributed by atoms with Crippen molar-refractivity contribution in [1.29, 1.82) is 0 Å². The molecule has 2 saturated heterocycles. The standard InChI is InChI=1S/C22H30ClN5O/c1-26(2)12-17-14-27(13-16-11-18(23)5-6-21(16)29)15-19(17)20-7-8-24-22(25-20)28-9-3-4-10-28/h5-8,11,17,19,29H,3-4,9-10,12-15H2,1-2H3/t17-,19-/m1/s1. The van der Waals surface area contributed by atoms with Crippen LogP contribution < -0.4 is 4.90 Å². The van der Waals surface area contributed by atoms with E-state index in [0.717, 1.165) is 49.9 Å². The van der Waals surface area contributed by atoms with E-state index in [1.54, 1.807) is 12.1 Å². The third-order valence-corrected chi connectivity index (χ3v) is 6.22. The van der Waals surface area contributed by atoms with Crippen LogP contribution in [0, 0.1) is 5.92 Å². The van der Waals surface area contributed by atoms with Gasteiger partial charge in [0.2, 0.25) is 5.95 Å². The number of hydrogen-bond acceptors (Lipinski definition) is 6. The zero-order chi connectivity index (χ0) is 20.4. The predicted octanol–water partition coefficient (Wildman–Crippen LogP) is 3.21. The van der Waals surface area contributed by atoms with Gasteiger partial charge in [-0.05, 0) is 57.1 Å². The number of likely N-dealkylation sites (tertiary alicyclic amines) is 1. The molecule has 0 saturated carbocycles. The molecule has 0 amide bonds. The first-order valence-electron chi connectivity index (χ1n) is 10.4. The molecule has 0 unspecified atom stereocenters. The van der Waals surface area contributed by atoms with Crippen molar-refractivity contribution in [2.75, 3.05) is 51.7 Å². The second-order valence-electron chi connectivity index (χ2n) is 8.57. The van der Waals surface area contributed by atoms with Crippen molar-refractivity contribution in [3.8, 4) is 5.75 Å². The van der Waals surface area contributed by atoms with Crippen LogP contribution in [0.1, 0.15) is 30.0 Å². The van der Waals surface area contributed by atoms with Gasteiger partial charge in [0.05, 0.1) is 5.69 Å². The molecular formula is C22H30ClN5O. The topological polar surface area (TPSA) is 55.7 Å². The normalized spacial score (nSPS) is 22.7. The van der Waals surface area contributed by atoms with E-state index in [0.29, 0.717) is 29.2 Å². The Bertz CT molecular complexity index is 840. The van der Waals surface area contributed by atoms with Gasteiger partial charge in [-0.1, -0.05) is 11.6 Å². The monoisotopic (exact) mass is 415 g/mol. The van der Waals surface area contributed by atoms with Crippen LogP contribution in [-0.2, 0) is 6.54 Å². The van der Waals surface area contributed by atoms with Crippen molar-refractivity contribution in [1.82, 2.24) is 19.8 Å². The van der Waals surface area contributed by atoms with E-state index >= 15 is 0 Å². The van der Waals surface area contributed by atoms with Gasteiger partial charge in [-0.25, -0.2) is 9.97 Å². The highest BCUT2D eigenvalue weighted by molar-refractivity contribution is 6.30. The van der Waals surface area contributed by atoms with E-state index in [4.69, 9.17) is 16.6 Å². The van der Waals surface area contributed by atoms with Crippen molar-refractivity contribution in [3.05, 3.63) is 46.7 Å². The minimum absolute atomic E-state index is 0.306. The first-order valence-corrected chi connectivity index (χ1v) is 10.8. The Morgan fingerprint density at radius 1 is 1.17 bits per heavy atom. The van der Waals surface area contributed by atoms with Gasteiger partial charge < -0.3 is 14.9 Å². The lowest BCUT2D eigenvalue weighted by molar-refractivity contribution is 0.282. The van der Waals surface area contributed by atoms with Crippen molar-refractivity contribution >= 4 is 17.5 Å². The molecule has 156 valence electrons. The van der Waals surface area contributed by atoms with Crippen molar-refractivity contribution < 1.29 is 5.11 Å². The number of hydrogen-bond donors (Lipinski definition) is 1. The van der Waals surface area contributed by atoms with Crippen LogP contribution in [0.4, 0.5) is 5.95 Å². The number of rotatable bonds is 6. The molecule has 0 bridgehead atoms. The summed E-state index contributed by atoms with van der Waals surface area (Å²) < 4.78 is 0. The third kappa shape index (κ3) is 4.82. The lowest BCUT2D eigenvalue weighted by Crippen LogP contribution is -2.27. The molecule has 1 aromatic carbocycles. The number of anilines is 1. The highest BCUT2D eigenvalue weighted by Gasteiger charge is 2.35. The molecule has 3 heterocycles. The molecular weight excluding hydrogens is 386 g/mol. The smallest absolute Gasteiger partial charge is 0.225 e. The summed E-state index contributed by atoms with van der Waals surface area (Å²) in [5.41, 5.74) is 2.01. The molecule has 1 N–H and O–H groups in total. The largest absolute Gasteiger partial charge is 0.508 e. The van der Waals surface area contributed by atoms with Gasteiger partial charge in [-0.3, -0.25) is 4.90 Å². The SMILES string of the molecule is CN(C)C[C@@H]1CN(Cc2cc(Cl)ccc2O)C[C@H]1c1ccnc(N2CCCC2)n1. The molecule has 2 fully saturated rings. The number of halogens is 1. The van der Waals surface area contributed by atoms with Crippen molar-refractivity contribution in [3.63, 3.8) is 0 Å². The molecule has 7 heteroatoms. The predicted molar refractivity (Wildman–Crippen MR) is 117 cm³/mol. The Kier molecular flexibility index (Phi) is 6.23.